The largest absolute Gasteiger partial charge is 0.461 e. The molecule has 3 aromatic rings. The van der Waals surface area contributed by atoms with Crippen molar-refractivity contribution in [3.8, 4) is 0 Å². The molecule has 0 bridgehead atoms. The second-order valence-corrected chi connectivity index (χ2v) is 9.30. The van der Waals surface area contributed by atoms with Crippen LogP contribution in [0.3, 0.4) is 0 Å². The summed E-state index contributed by atoms with van der Waals surface area (Å²) in [7, 11) is -3.76. The van der Waals surface area contributed by atoms with Gasteiger partial charge in [0.1, 0.15) is 0 Å². The zero-order valence-corrected chi connectivity index (χ0v) is 17.8. The Morgan fingerprint density at radius 1 is 0.903 bits per heavy atom. The van der Waals surface area contributed by atoms with Crippen molar-refractivity contribution in [3.05, 3.63) is 89.9 Å². The molecule has 31 heavy (non-hydrogen) atoms. The van der Waals surface area contributed by atoms with Crippen molar-refractivity contribution in [3.63, 3.8) is 0 Å². The first-order valence-electron chi connectivity index (χ1n) is 9.92. The normalized spacial score (nSPS) is 17.5. The summed E-state index contributed by atoms with van der Waals surface area (Å²) in [5, 5.41) is 0. The molecule has 1 aromatic heterocycles. The van der Waals surface area contributed by atoms with Gasteiger partial charge in [-0.05, 0) is 55.5 Å². The van der Waals surface area contributed by atoms with Gasteiger partial charge < -0.3 is 9.32 Å². The molecule has 0 aliphatic carbocycles. The molecule has 1 fully saturated rings. The Balaban J connectivity index is 1.48. The minimum absolute atomic E-state index is 0.106. The minimum Gasteiger partial charge on any atom is -0.461 e. The number of sulfonamides is 1. The summed E-state index contributed by atoms with van der Waals surface area (Å²) >= 11 is 0. The third-order valence-corrected chi connectivity index (χ3v) is 7.37. The predicted octanol–water partition coefficient (Wildman–Crippen LogP) is 3.05. The van der Waals surface area contributed by atoms with Crippen LogP contribution >= 0.6 is 0 Å². The molecule has 2 heterocycles. The number of rotatable bonds is 5. The third-order valence-electron chi connectivity index (χ3n) is 5.34. The molecular weight excluding hydrogens is 416 g/mol. The van der Waals surface area contributed by atoms with Gasteiger partial charge in [-0.1, -0.05) is 18.2 Å². The highest BCUT2D eigenvalue weighted by Gasteiger charge is 2.35. The second-order valence-electron chi connectivity index (χ2n) is 7.41. The van der Waals surface area contributed by atoms with E-state index in [2.05, 4.69) is 0 Å². The Morgan fingerprint density at radius 3 is 2.23 bits per heavy atom. The van der Waals surface area contributed by atoms with Gasteiger partial charge in [0, 0.05) is 36.8 Å². The van der Waals surface area contributed by atoms with E-state index in [1.165, 1.54) is 34.8 Å². The van der Waals surface area contributed by atoms with Crippen molar-refractivity contribution in [2.75, 3.05) is 19.6 Å². The van der Waals surface area contributed by atoms with Crippen LogP contribution in [0.15, 0.2) is 82.3 Å². The van der Waals surface area contributed by atoms with E-state index < -0.39 is 10.0 Å². The zero-order chi connectivity index (χ0) is 22.0. The van der Waals surface area contributed by atoms with Gasteiger partial charge in [-0.25, -0.2) is 8.42 Å². The lowest BCUT2D eigenvalue weighted by Gasteiger charge is -2.39. The highest BCUT2D eigenvalue weighted by atomic mass is 32.2. The first-order valence-corrected chi connectivity index (χ1v) is 11.4. The molecule has 160 valence electrons. The van der Waals surface area contributed by atoms with Gasteiger partial charge >= 0.3 is 0 Å². The van der Waals surface area contributed by atoms with Crippen LogP contribution in [0.25, 0.3) is 0 Å². The van der Waals surface area contributed by atoms with Crippen LogP contribution in [0.4, 0.5) is 0 Å². The molecule has 8 heteroatoms. The van der Waals surface area contributed by atoms with E-state index in [4.69, 9.17) is 4.42 Å². The van der Waals surface area contributed by atoms with E-state index in [1.54, 1.807) is 48.2 Å². The molecule has 1 saturated heterocycles. The van der Waals surface area contributed by atoms with Gasteiger partial charge in [-0.3, -0.25) is 9.59 Å². The van der Waals surface area contributed by atoms with Crippen LogP contribution in [0.2, 0.25) is 0 Å². The van der Waals surface area contributed by atoms with E-state index in [9.17, 15) is 18.0 Å². The molecule has 1 amide bonds. The van der Waals surface area contributed by atoms with Gasteiger partial charge in [0.2, 0.25) is 15.8 Å². The molecule has 0 N–H and O–H groups in total. The number of amides is 1. The molecule has 2 aromatic carbocycles. The van der Waals surface area contributed by atoms with Crippen molar-refractivity contribution in [1.29, 1.82) is 0 Å². The maximum absolute atomic E-state index is 13.2. The summed E-state index contributed by atoms with van der Waals surface area (Å²) in [6.07, 6.45) is 1.41. The standard InChI is InChI=1S/C23H22N2O5S/c1-17-16-24(23(27)19-6-3-2-4-7-19)13-14-25(17)31(28,29)20-11-9-18(10-12-20)22(26)21-8-5-15-30-21/h2-12,15,17H,13-14,16H2,1H3/t17-/m1/s1. The molecular formula is C23H22N2O5S. The number of hydrogen-bond acceptors (Lipinski definition) is 5. The third kappa shape index (κ3) is 4.17. The summed E-state index contributed by atoms with van der Waals surface area (Å²) < 4.78 is 32.9. The van der Waals surface area contributed by atoms with Crippen molar-refractivity contribution in [1.82, 2.24) is 9.21 Å². The van der Waals surface area contributed by atoms with E-state index in [-0.39, 0.29) is 34.9 Å². The van der Waals surface area contributed by atoms with E-state index in [0.29, 0.717) is 24.2 Å². The summed E-state index contributed by atoms with van der Waals surface area (Å²) in [5.74, 6) is -0.218. The average Bonchev–Trinajstić information content (AvgIpc) is 3.33. The maximum atomic E-state index is 13.2. The molecule has 1 aliphatic rings. The van der Waals surface area contributed by atoms with Gasteiger partial charge in [-0.15, -0.1) is 0 Å². The number of benzene rings is 2. The zero-order valence-electron chi connectivity index (χ0n) is 17.0. The van der Waals surface area contributed by atoms with Gasteiger partial charge in [0.25, 0.3) is 5.91 Å². The summed E-state index contributed by atoms with van der Waals surface area (Å²) in [4.78, 5) is 26.8. The summed E-state index contributed by atoms with van der Waals surface area (Å²) in [5.41, 5.74) is 0.933. The lowest BCUT2D eigenvalue weighted by molar-refractivity contribution is 0.0642. The summed E-state index contributed by atoms with van der Waals surface area (Å²) in [6.45, 7) is 2.61. The lowest BCUT2D eigenvalue weighted by atomic mass is 10.1. The number of carbonyl (C=O) groups is 2. The van der Waals surface area contributed by atoms with Crippen molar-refractivity contribution in [2.24, 2.45) is 0 Å². The monoisotopic (exact) mass is 438 g/mol. The van der Waals surface area contributed by atoms with Crippen LogP contribution < -0.4 is 0 Å². The van der Waals surface area contributed by atoms with Crippen LogP contribution in [-0.4, -0.2) is 55.0 Å². The van der Waals surface area contributed by atoms with E-state index in [0.717, 1.165) is 0 Å². The Labute approximate surface area is 180 Å². The Kier molecular flexibility index (Phi) is 5.75. The number of nitrogens with zero attached hydrogens (tertiary/aromatic N) is 2. The first kappa shape index (κ1) is 21.0. The Hall–Kier alpha value is -3.23. The van der Waals surface area contributed by atoms with E-state index in [1.807, 2.05) is 6.07 Å². The number of hydrogen-bond donors (Lipinski definition) is 0. The van der Waals surface area contributed by atoms with Crippen LogP contribution in [0.5, 0.6) is 0 Å². The SMILES string of the molecule is C[C@@H]1CN(C(=O)c2ccccc2)CCN1S(=O)(=O)c1ccc(C(=O)c2ccco2)cc1. The fraction of sp³-hybridized carbons (Fsp3) is 0.217. The van der Waals surface area contributed by atoms with Crippen molar-refractivity contribution < 1.29 is 22.4 Å². The molecule has 1 atom stereocenters. The molecule has 0 saturated carbocycles. The van der Waals surface area contributed by atoms with Crippen molar-refractivity contribution >= 4 is 21.7 Å². The number of piperazine rings is 1. The predicted molar refractivity (Wildman–Crippen MR) is 114 cm³/mol. The maximum Gasteiger partial charge on any atom is 0.253 e. The van der Waals surface area contributed by atoms with Crippen LogP contribution in [0.1, 0.15) is 33.4 Å². The van der Waals surface area contributed by atoms with Crippen LogP contribution in [-0.2, 0) is 10.0 Å². The highest BCUT2D eigenvalue weighted by molar-refractivity contribution is 7.89. The molecule has 1 aliphatic heterocycles. The topological polar surface area (TPSA) is 87.9 Å². The number of ketones is 1. The van der Waals surface area contributed by atoms with Gasteiger partial charge in [0.15, 0.2) is 5.76 Å². The second kappa shape index (κ2) is 8.49. The number of furan rings is 1. The number of carbonyl (C=O) groups excluding carboxylic acids is 2. The minimum atomic E-state index is -3.76. The first-order chi connectivity index (χ1) is 14.9. The Morgan fingerprint density at radius 2 is 1.61 bits per heavy atom. The Bertz CT molecular complexity index is 1170. The van der Waals surface area contributed by atoms with Gasteiger partial charge in [0.05, 0.1) is 11.2 Å². The molecule has 0 spiro atoms. The van der Waals surface area contributed by atoms with Crippen molar-refractivity contribution in [2.45, 2.75) is 17.9 Å². The fourth-order valence-electron chi connectivity index (χ4n) is 3.71. The fourth-order valence-corrected chi connectivity index (χ4v) is 5.32. The van der Waals surface area contributed by atoms with Gasteiger partial charge in [-0.2, -0.15) is 4.31 Å². The smallest absolute Gasteiger partial charge is 0.253 e. The molecule has 7 nitrogen and oxygen atoms in total. The molecule has 0 radical (unpaired) electrons. The van der Waals surface area contributed by atoms with Crippen LogP contribution in [0, 0.1) is 0 Å². The molecule has 0 unspecified atom stereocenters. The average molecular weight is 439 g/mol. The summed E-state index contributed by atoms with van der Waals surface area (Å²) in [6, 6.07) is 17.6. The highest BCUT2D eigenvalue weighted by Crippen LogP contribution is 2.23. The lowest BCUT2D eigenvalue weighted by Crippen LogP contribution is -2.55. The van der Waals surface area contributed by atoms with E-state index >= 15 is 0 Å². The quantitative estimate of drug-likeness (QED) is 0.572. The molecule has 4 rings (SSSR count).